The highest BCUT2D eigenvalue weighted by atomic mass is 16.1. The summed E-state index contributed by atoms with van der Waals surface area (Å²) in [5.74, 6) is 0.935. The van der Waals surface area contributed by atoms with Crippen molar-refractivity contribution in [2.75, 3.05) is 18.4 Å². The van der Waals surface area contributed by atoms with E-state index in [1.54, 1.807) is 12.1 Å². The third-order valence-corrected chi connectivity index (χ3v) is 3.41. The molecular weight excluding hydrogens is 254 g/mol. The van der Waals surface area contributed by atoms with Gasteiger partial charge < -0.3 is 16.4 Å². The fourth-order valence-corrected chi connectivity index (χ4v) is 2.08. The minimum atomic E-state index is -0.208. The molecule has 0 radical (unpaired) electrons. The molecule has 1 aromatic rings. The topological polar surface area (TPSA) is 92.9 Å². The minimum Gasteiger partial charge on any atom is -0.367 e. The summed E-state index contributed by atoms with van der Waals surface area (Å²) in [4.78, 5) is 11.5. The summed E-state index contributed by atoms with van der Waals surface area (Å²) in [6.45, 7) is 7.39. The standard InChI is InChI=1S/C14H25N5O/c1-4-10(5-2)11(15)9-17-13-8-7-12(18-19-13)14(20)16-6-3/h7-8,10-11H,4-6,9,15H2,1-3H3,(H,16,20)(H,17,19). The van der Waals surface area contributed by atoms with Crippen LogP contribution in [0.4, 0.5) is 5.82 Å². The van der Waals surface area contributed by atoms with E-state index in [0.717, 1.165) is 12.8 Å². The molecule has 112 valence electrons. The van der Waals surface area contributed by atoms with Crippen LogP contribution in [0.1, 0.15) is 44.1 Å². The molecule has 6 nitrogen and oxygen atoms in total. The zero-order chi connectivity index (χ0) is 15.0. The molecule has 0 spiro atoms. The number of nitrogens with two attached hydrogens (primary N) is 1. The Morgan fingerprint density at radius 3 is 2.45 bits per heavy atom. The van der Waals surface area contributed by atoms with Gasteiger partial charge in [0.05, 0.1) is 0 Å². The molecule has 0 saturated carbocycles. The average molecular weight is 279 g/mol. The van der Waals surface area contributed by atoms with E-state index in [9.17, 15) is 4.79 Å². The van der Waals surface area contributed by atoms with Gasteiger partial charge >= 0.3 is 0 Å². The van der Waals surface area contributed by atoms with E-state index in [0.29, 0.717) is 30.5 Å². The van der Waals surface area contributed by atoms with E-state index in [1.807, 2.05) is 6.92 Å². The molecule has 20 heavy (non-hydrogen) atoms. The van der Waals surface area contributed by atoms with Crippen molar-refractivity contribution in [2.45, 2.75) is 39.7 Å². The molecule has 1 unspecified atom stereocenters. The van der Waals surface area contributed by atoms with Gasteiger partial charge in [0.15, 0.2) is 5.69 Å². The Labute approximate surface area is 120 Å². The second-order valence-electron chi connectivity index (χ2n) is 4.78. The maximum Gasteiger partial charge on any atom is 0.271 e. The molecular formula is C14H25N5O. The van der Waals surface area contributed by atoms with Crippen molar-refractivity contribution in [1.82, 2.24) is 15.5 Å². The molecule has 4 N–H and O–H groups in total. The number of anilines is 1. The Hall–Kier alpha value is -1.69. The molecule has 0 saturated heterocycles. The SMILES string of the molecule is CCNC(=O)c1ccc(NCC(N)C(CC)CC)nn1. The van der Waals surface area contributed by atoms with Crippen molar-refractivity contribution >= 4 is 11.7 Å². The zero-order valence-electron chi connectivity index (χ0n) is 12.5. The average Bonchev–Trinajstić information content (AvgIpc) is 2.47. The van der Waals surface area contributed by atoms with Gasteiger partial charge in [-0.05, 0) is 25.0 Å². The van der Waals surface area contributed by atoms with Crippen LogP contribution in [0, 0.1) is 5.92 Å². The van der Waals surface area contributed by atoms with Gasteiger partial charge in [0.1, 0.15) is 5.82 Å². The monoisotopic (exact) mass is 279 g/mol. The summed E-state index contributed by atoms with van der Waals surface area (Å²) < 4.78 is 0. The fraction of sp³-hybridized carbons (Fsp3) is 0.643. The van der Waals surface area contributed by atoms with Crippen molar-refractivity contribution in [3.8, 4) is 0 Å². The predicted molar refractivity (Wildman–Crippen MR) is 80.6 cm³/mol. The first kappa shape index (κ1) is 16.4. The fourth-order valence-electron chi connectivity index (χ4n) is 2.08. The molecule has 0 aromatic carbocycles. The van der Waals surface area contributed by atoms with Crippen LogP contribution in [-0.4, -0.2) is 35.2 Å². The molecule has 0 aliphatic rings. The molecule has 1 aromatic heterocycles. The lowest BCUT2D eigenvalue weighted by atomic mass is 9.95. The maximum absolute atomic E-state index is 11.5. The van der Waals surface area contributed by atoms with Crippen molar-refractivity contribution in [3.05, 3.63) is 17.8 Å². The second-order valence-corrected chi connectivity index (χ2v) is 4.78. The Balaban J connectivity index is 2.51. The molecule has 1 amide bonds. The number of hydrogen-bond acceptors (Lipinski definition) is 5. The lowest BCUT2D eigenvalue weighted by molar-refractivity contribution is 0.0950. The summed E-state index contributed by atoms with van der Waals surface area (Å²) >= 11 is 0. The van der Waals surface area contributed by atoms with Gasteiger partial charge in [0, 0.05) is 19.1 Å². The molecule has 0 fully saturated rings. The maximum atomic E-state index is 11.5. The Kier molecular flexibility index (Phi) is 6.93. The van der Waals surface area contributed by atoms with Crippen LogP contribution < -0.4 is 16.4 Å². The van der Waals surface area contributed by atoms with Gasteiger partial charge in [-0.15, -0.1) is 10.2 Å². The third-order valence-electron chi connectivity index (χ3n) is 3.41. The van der Waals surface area contributed by atoms with Crippen LogP contribution in [0.2, 0.25) is 0 Å². The summed E-state index contributed by atoms with van der Waals surface area (Å²) in [5.41, 5.74) is 6.45. The lowest BCUT2D eigenvalue weighted by Crippen LogP contribution is -2.36. The van der Waals surface area contributed by atoms with E-state index in [2.05, 4.69) is 34.7 Å². The number of hydrogen-bond donors (Lipinski definition) is 3. The van der Waals surface area contributed by atoms with Crippen LogP contribution >= 0.6 is 0 Å². The quantitative estimate of drug-likeness (QED) is 0.669. The Morgan fingerprint density at radius 2 is 1.95 bits per heavy atom. The van der Waals surface area contributed by atoms with Gasteiger partial charge in [-0.2, -0.15) is 0 Å². The first-order valence-electron chi connectivity index (χ1n) is 7.23. The van der Waals surface area contributed by atoms with E-state index < -0.39 is 0 Å². The van der Waals surface area contributed by atoms with Crippen molar-refractivity contribution in [2.24, 2.45) is 11.7 Å². The van der Waals surface area contributed by atoms with Crippen LogP contribution in [-0.2, 0) is 0 Å². The number of aromatic nitrogens is 2. The van der Waals surface area contributed by atoms with E-state index >= 15 is 0 Å². The van der Waals surface area contributed by atoms with Gasteiger partial charge in [0.25, 0.3) is 5.91 Å². The summed E-state index contributed by atoms with van der Waals surface area (Å²) in [6.07, 6.45) is 2.14. The van der Waals surface area contributed by atoms with Gasteiger partial charge in [0.2, 0.25) is 0 Å². The van der Waals surface area contributed by atoms with Crippen LogP contribution in [0.5, 0.6) is 0 Å². The Morgan fingerprint density at radius 1 is 1.25 bits per heavy atom. The van der Waals surface area contributed by atoms with Crippen LogP contribution in [0.25, 0.3) is 0 Å². The number of carbonyl (C=O) groups excluding carboxylic acids is 1. The molecule has 1 heterocycles. The van der Waals surface area contributed by atoms with Crippen molar-refractivity contribution in [1.29, 1.82) is 0 Å². The molecule has 0 aliphatic carbocycles. The number of nitrogens with one attached hydrogen (secondary N) is 2. The van der Waals surface area contributed by atoms with Crippen molar-refractivity contribution in [3.63, 3.8) is 0 Å². The normalized spacial score (nSPS) is 12.2. The van der Waals surface area contributed by atoms with Gasteiger partial charge in [-0.3, -0.25) is 4.79 Å². The highest BCUT2D eigenvalue weighted by molar-refractivity contribution is 5.92. The third kappa shape index (κ3) is 4.77. The van der Waals surface area contributed by atoms with Crippen LogP contribution in [0.3, 0.4) is 0 Å². The first-order valence-corrected chi connectivity index (χ1v) is 7.23. The highest BCUT2D eigenvalue weighted by Crippen LogP contribution is 2.12. The summed E-state index contributed by atoms with van der Waals surface area (Å²) in [6, 6.07) is 3.50. The molecule has 6 heteroatoms. The van der Waals surface area contributed by atoms with E-state index in [4.69, 9.17) is 5.73 Å². The predicted octanol–water partition coefficient (Wildman–Crippen LogP) is 1.40. The van der Waals surface area contributed by atoms with E-state index in [1.165, 1.54) is 0 Å². The second kappa shape index (κ2) is 8.47. The zero-order valence-corrected chi connectivity index (χ0v) is 12.5. The van der Waals surface area contributed by atoms with Gasteiger partial charge in [-0.1, -0.05) is 26.7 Å². The summed E-state index contributed by atoms with van der Waals surface area (Å²) in [5, 5.41) is 13.7. The molecule has 0 aliphatic heterocycles. The number of carbonyl (C=O) groups is 1. The lowest BCUT2D eigenvalue weighted by Gasteiger charge is -2.21. The molecule has 1 atom stereocenters. The minimum absolute atomic E-state index is 0.0925. The van der Waals surface area contributed by atoms with Crippen LogP contribution in [0.15, 0.2) is 12.1 Å². The largest absolute Gasteiger partial charge is 0.367 e. The van der Waals surface area contributed by atoms with Crippen molar-refractivity contribution < 1.29 is 4.79 Å². The number of amides is 1. The van der Waals surface area contributed by atoms with E-state index in [-0.39, 0.29) is 11.9 Å². The Bertz CT molecular complexity index is 403. The molecule has 1 rings (SSSR count). The smallest absolute Gasteiger partial charge is 0.271 e. The first-order chi connectivity index (χ1) is 9.62. The molecule has 0 bridgehead atoms. The number of rotatable bonds is 8. The number of nitrogens with zero attached hydrogens (tertiary/aromatic N) is 2. The summed E-state index contributed by atoms with van der Waals surface area (Å²) in [7, 11) is 0. The highest BCUT2D eigenvalue weighted by Gasteiger charge is 2.14. The van der Waals surface area contributed by atoms with Gasteiger partial charge in [-0.25, -0.2) is 0 Å².